The minimum Gasteiger partial charge on any atom is -0.494 e. The van der Waals surface area contributed by atoms with Crippen molar-refractivity contribution in [1.29, 1.82) is 0 Å². The number of benzene rings is 1. The number of hydrogen-bond acceptors (Lipinski definition) is 1. The molecule has 0 amide bonds. The maximum Gasteiger partial charge on any atom is 0.119 e. The molecular weight excluding hydrogens is 287 g/mol. The van der Waals surface area contributed by atoms with Crippen molar-refractivity contribution < 1.29 is 4.74 Å². The van der Waals surface area contributed by atoms with Crippen molar-refractivity contribution in [3.05, 3.63) is 24.3 Å². The molecule has 2 saturated carbocycles. The molecule has 122 valence electrons. The Morgan fingerprint density at radius 3 is 1.77 bits per heavy atom. The summed E-state index contributed by atoms with van der Waals surface area (Å²) in [5, 5.41) is 1.65. The highest BCUT2D eigenvalue weighted by molar-refractivity contribution is 7.67. The van der Waals surface area contributed by atoms with E-state index in [-0.39, 0.29) is 7.92 Å². The summed E-state index contributed by atoms with van der Waals surface area (Å²) in [6, 6.07) is 9.19. The molecule has 3 rings (SSSR count). The van der Waals surface area contributed by atoms with Crippen molar-refractivity contribution in [3.8, 4) is 5.75 Å². The first-order valence-corrected chi connectivity index (χ1v) is 10.9. The molecule has 2 aliphatic rings. The van der Waals surface area contributed by atoms with E-state index in [9.17, 15) is 0 Å². The van der Waals surface area contributed by atoms with Crippen molar-refractivity contribution in [3.63, 3.8) is 0 Å². The molecule has 0 bridgehead atoms. The van der Waals surface area contributed by atoms with Crippen molar-refractivity contribution in [1.82, 2.24) is 0 Å². The lowest BCUT2D eigenvalue weighted by Gasteiger charge is -2.38. The second kappa shape index (κ2) is 8.34. The maximum atomic E-state index is 5.64. The number of ether oxygens (including phenoxy) is 1. The summed E-state index contributed by atoms with van der Waals surface area (Å²) in [6.45, 7) is 2.82. The fourth-order valence-electron chi connectivity index (χ4n) is 4.32. The maximum absolute atomic E-state index is 5.64. The van der Waals surface area contributed by atoms with E-state index in [0.29, 0.717) is 0 Å². The van der Waals surface area contributed by atoms with Gasteiger partial charge in [0.2, 0.25) is 0 Å². The van der Waals surface area contributed by atoms with Gasteiger partial charge in [-0.15, -0.1) is 0 Å². The molecule has 2 fully saturated rings. The standard InChI is InChI=1S/C20H31OP/c1-2-21-17-13-15-20(16-14-17)22(18-9-5-3-6-10-18)19-11-7-4-8-12-19/h13-16,18-19H,2-12H2,1H3. The van der Waals surface area contributed by atoms with Crippen LogP contribution in [-0.4, -0.2) is 17.9 Å². The van der Waals surface area contributed by atoms with Crippen molar-refractivity contribution in [2.75, 3.05) is 6.61 Å². The van der Waals surface area contributed by atoms with Gasteiger partial charge in [0.25, 0.3) is 0 Å². The molecular formula is C20H31OP. The van der Waals surface area contributed by atoms with Crippen molar-refractivity contribution in [2.24, 2.45) is 0 Å². The molecule has 0 aromatic heterocycles. The Hall–Kier alpha value is -0.550. The molecule has 2 heteroatoms. The highest BCUT2D eigenvalue weighted by atomic mass is 31.1. The van der Waals surface area contributed by atoms with Gasteiger partial charge in [-0.2, -0.15) is 0 Å². The smallest absolute Gasteiger partial charge is 0.119 e. The van der Waals surface area contributed by atoms with Crippen LogP contribution < -0.4 is 10.0 Å². The SMILES string of the molecule is CCOc1ccc(P(C2CCCCC2)C2CCCCC2)cc1. The Balaban J connectivity index is 1.79. The lowest BCUT2D eigenvalue weighted by molar-refractivity contribution is 0.340. The number of hydrogen-bond donors (Lipinski definition) is 0. The Bertz CT molecular complexity index is 412. The van der Waals surface area contributed by atoms with Gasteiger partial charge in [-0.25, -0.2) is 0 Å². The molecule has 0 radical (unpaired) electrons. The van der Waals surface area contributed by atoms with E-state index in [1.54, 1.807) is 5.30 Å². The zero-order valence-electron chi connectivity index (χ0n) is 14.1. The first kappa shape index (κ1) is 16.3. The second-order valence-electron chi connectivity index (χ2n) is 6.92. The number of rotatable bonds is 5. The van der Waals surface area contributed by atoms with Crippen LogP contribution in [0.3, 0.4) is 0 Å². The Labute approximate surface area is 137 Å². The van der Waals surface area contributed by atoms with Gasteiger partial charge in [-0.05, 0) is 61.4 Å². The van der Waals surface area contributed by atoms with Gasteiger partial charge in [0.15, 0.2) is 0 Å². The molecule has 22 heavy (non-hydrogen) atoms. The van der Waals surface area contributed by atoms with E-state index >= 15 is 0 Å². The van der Waals surface area contributed by atoms with Crippen LogP contribution in [0.1, 0.15) is 71.1 Å². The zero-order chi connectivity index (χ0) is 15.2. The third kappa shape index (κ3) is 4.05. The minimum atomic E-state index is 0.0307. The van der Waals surface area contributed by atoms with E-state index in [0.717, 1.165) is 23.7 Å². The van der Waals surface area contributed by atoms with Gasteiger partial charge in [0.1, 0.15) is 5.75 Å². The molecule has 0 heterocycles. The van der Waals surface area contributed by atoms with Gasteiger partial charge in [-0.3, -0.25) is 0 Å². The summed E-state index contributed by atoms with van der Waals surface area (Å²) in [5.41, 5.74) is 1.98. The average molecular weight is 318 g/mol. The van der Waals surface area contributed by atoms with Crippen LogP contribution in [0.2, 0.25) is 0 Å². The third-order valence-corrected chi connectivity index (χ3v) is 8.88. The van der Waals surface area contributed by atoms with Crippen LogP contribution in [0.5, 0.6) is 5.75 Å². The molecule has 0 atom stereocenters. The fourth-order valence-corrected chi connectivity index (χ4v) is 8.10. The predicted octanol–water partition coefficient (Wildman–Crippen LogP) is 5.86. The molecule has 0 saturated heterocycles. The molecule has 1 nitrogen and oxygen atoms in total. The van der Waals surface area contributed by atoms with E-state index in [1.807, 2.05) is 0 Å². The van der Waals surface area contributed by atoms with Gasteiger partial charge in [0.05, 0.1) is 6.61 Å². The van der Waals surface area contributed by atoms with E-state index in [2.05, 4.69) is 31.2 Å². The fraction of sp³-hybridized carbons (Fsp3) is 0.700. The Kier molecular flexibility index (Phi) is 6.19. The summed E-state index contributed by atoms with van der Waals surface area (Å²) < 4.78 is 5.64. The highest BCUT2D eigenvalue weighted by Crippen LogP contribution is 2.54. The Morgan fingerprint density at radius 2 is 1.32 bits per heavy atom. The van der Waals surface area contributed by atoms with E-state index < -0.39 is 0 Å². The van der Waals surface area contributed by atoms with Gasteiger partial charge >= 0.3 is 0 Å². The van der Waals surface area contributed by atoms with Gasteiger partial charge in [0, 0.05) is 0 Å². The second-order valence-corrected chi connectivity index (χ2v) is 9.71. The van der Waals surface area contributed by atoms with Crippen molar-refractivity contribution >= 4 is 13.2 Å². The van der Waals surface area contributed by atoms with Gasteiger partial charge < -0.3 is 4.74 Å². The molecule has 1 aromatic rings. The normalized spacial score (nSPS) is 21.2. The van der Waals surface area contributed by atoms with Crippen LogP contribution in [0.25, 0.3) is 0 Å². The Morgan fingerprint density at radius 1 is 0.818 bits per heavy atom. The topological polar surface area (TPSA) is 9.23 Å². The van der Waals surface area contributed by atoms with Crippen LogP contribution in [0.4, 0.5) is 0 Å². The summed E-state index contributed by atoms with van der Waals surface area (Å²) in [6.07, 6.45) is 14.7. The van der Waals surface area contributed by atoms with Crippen LogP contribution in [0.15, 0.2) is 24.3 Å². The summed E-state index contributed by atoms with van der Waals surface area (Å²) >= 11 is 0. The molecule has 1 aromatic carbocycles. The zero-order valence-corrected chi connectivity index (χ0v) is 15.0. The molecule has 0 unspecified atom stereocenters. The van der Waals surface area contributed by atoms with E-state index in [1.165, 1.54) is 64.2 Å². The quantitative estimate of drug-likeness (QED) is 0.618. The predicted molar refractivity (Wildman–Crippen MR) is 97.9 cm³/mol. The summed E-state index contributed by atoms with van der Waals surface area (Å²) in [7, 11) is 0.0307. The first-order valence-electron chi connectivity index (χ1n) is 9.39. The lowest BCUT2D eigenvalue weighted by Crippen LogP contribution is -2.26. The lowest BCUT2D eigenvalue weighted by atomic mass is 9.99. The largest absolute Gasteiger partial charge is 0.494 e. The first-order chi connectivity index (χ1) is 10.9. The average Bonchev–Trinajstić information content (AvgIpc) is 2.59. The van der Waals surface area contributed by atoms with Gasteiger partial charge in [-0.1, -0.05) is 58.6 Å². The minimum absolute atomic E-state index is 0.0307. The summed E-state index contributed by atoms with van der Waals surface area (Å²) in [4.78, 5) is 0. The van der Waals surface area contributed by atoms with Crippen LogP contribution in [0, 0.1) is 0 Å². The van der Waals surface area contributed by atoms with Crippen molar-refractivity contribution in [2.45, 2.75) is 82.4 Å². The monoisotopic (exact) mass is 318 g/mol. The third-order valence-electron chi connectivity index (χ3n) is 5.38. The molecule has 0 N–H and O–H groups in total. The van der Waals surface area contributed by atoms with Crippen LogP contribution in [-0.2, 0) is 0 Å². The van der Waals surface area contributed by atoms with Crippen LogP contribution >= 0.6 is 7.92 Å². The van der Waals surface area contributed by atoms with E-state index in [4.69, 9.17) is 4.74 Å². The molecule has 0 aliphatic heterocycles. The molecule has 0 spiro atoms. The molecule has 2 aliphatic carbocycles. The highest BCUT2D eigenvalue weighted by Gasteiger charge is 2.32. The summed E-state index contributed by atoms with van der Waals surface area (Å²) in [5.74, 6) is 1.04.